The maximum atomic E-state index is 12.9. The predicted molar refractivity (Wildman–Crippen MR) is 103 cm³/mol. The van der Waals surface area contributed by atoms with Crippen LogP contribution in [0.1, 0.15) is 22.3 Å². The molecule has 0 unspecified atom stereocenters. The number of benzene rings is 1. The highest BCUT2D eigenvalue weighted by Crippen LogP contribution is 2.30. The quantitative estimate of drug-likeness (QED) is 0.804. The highest BCUT2D eigenvalue weighted by Gasteiger charge is 2.27. The molecule has 1 fully saturated rings. The standard InChI is InChI=1S/C19H23N3O4S/c1-4-26-19(24)22-11-9-21(10-12-22)18(23)16-13(2)20-17(27-16)14-5-7-15(25-3)8-6-14/h5-8H,4,9-12H2,1-3H3. The minimum atomic E-state index is -0.319. The van der Waals surface area contributed by atoms with Crippen molar-refractivity contribution in [3.8, 4) is 16.3 Å². The fraction of sp³-hybridized carbons (Fsp3) is 0.421. The molecular formula is C19H23N3O4S. The van der Waals surface area contributed by atoms with Crippen molar-refractivity contribution in [1.82, 2.24) is 14.8 Å². The molecule has 2 amide bonds. The van der Waals surface area contributed by atoms with E-state index in [-0.39, 0.29) is 12.0 Å². The van der Waals surface area contributed by atoms with Crippen LogP contribution in [0.25, 0.3) is 10.6 Å². The molecule has 144 valence electrons. The fourth-order valence-electron chi connectivity index (χ4n) is 2.90. The summed E-state index contributed by atoms with van der Waals surface area (Å²) in [6.07, 6.45) is -0.319. The van der Waals surface area contributed by atoms with E-state index in [4.69, 9.17) is 9.47 Å². The Bertz CT molecular complexity index is 811. The number of carbonyl (C=O) groups is 2. The summed E-state index contributed by atoms with van der Waals surface area (Å²) < 4.78 is 10.2. The van der Waals surface area contributed by atoms with E-state index in [1.54, 1.807) is 23.8 Å². The Hall–Kier alpha value is -2.61. The number of hydrogen-bond acceptors (Lipinski definition) is 6. The molecule has 1 aliphatic heterocycles. The maximum Gasteiger partial charge on any atom is 0.409 e. The lowest BCUT2D eigenvalue weighted by molar-refractivity contribution is 0.0573. The van der Waals surface area contributed by atoms with Gasteiger partial charge in [0, 0.05) is 31.7 Å². The Morgan fingerprint density at radius 1 is 1.11 bits per heavy atom. The Balaban J connectivity index is 1.69. The average Bonchev–Trinajstić information content (AvgIpc) is 3.09. The first-order chi connectivity index (χ1) is 13.0. The number of ether oxygens (including phenoxy) is 2. The number of piperazine rings is 1. The van der Waals surface area contributed by atoms with Gasteiger partial charge in [0.05, 0.1) is 19.4 Å². The zero-order valence-corrected chi connectivity index (χ0v) is 16.5. The monoisotopic (exact) mass is 389 g/mol. The fourth-order valence-corrected chi connectivity index (χ4v) is 3.94. The van der Waals surface area contributed by atoms with Gasteiger partial charge in [-0.25, -0.2) is 9.78 Å². The van der Waals surface area contributed by atoms with E-state index in [2.05, 4.69) is 4.98 Å². The topological polar surface area (TPSA) is 72.0 Å². The molecule has 0 saturated carbocycles. The molecule has 27 heavy (non-hydrogen) atoms. The summed E-state index contributed by atoms with van der Waals surface area (Å²) >= 11 is 1.39. The van der Waals surface area contributed by atoms with Crippen molar-refractivity contribution >= 4 is 23.3 Å². The van der Waals surface area contributed by atoms with Gasteiger partial charge in [-0.1, -0.05) is 0 Å². The van der Waals surface area contributed by atoms with Crippen LogP contribution in [-0.2, 0) is 4.74 Å². The van der Waals surface area contributed by atoms with Gasteiger partial charge in [-0.05, 0) is 38.1 Å². The van der Waals surface area contributed by atoms with E-state index in [1.165, 1.54) is 11.3 Å². The summed E-state index contributed by atoms with van der Waals surface area (Å²) in [5.74, 6) is 0.746. The van der Waals surface area contributed by atoms with Gasteiger partial charge in [0.25, 0.3) is 5.91 Å². The molecule has 0 spiro atoms. The highest BCUT2D eigenvalue weighted by molar-refractivity contribution is 7.17. The zero-order valence-electron chi connectivity index (χ0n) is 15.7. The third-order valence-electron chi connectivity index (χ3n) is 4.42. The van der Waals surface area contributed by atoms with Crippen LogP contribution < -0.4 is 4.74 Å². The minimum Gasteiger partial charge on any atom is -0.497 e. The second-order valence-corrected chi connectivity index (χ2v) is 7.14. The molecule has 1 saturated heterocycles. The minimum absolute atomic E-state index is 0.0340. The lowest BCUT2D eigenvalue weighted by Gasteiger charge is -2.33. The Labute approximate surface area is 162 Å². The van der Waals surface area contributed by atoms with Gasteiger partial charge in [-0.2, -0.15) is 0 Å². The van der Waals surface area contributed by atoms with Gasteiger partial charge in [-0.15, -0.1) is 11.3 Å². The molecule has 2 aromatic rings. The largest absolute Gasteiger partial charge is 0.497 e. The Kier molecular flexibility index (Phi) is 5.95. The van der Waals surface area contributed by atoms with Crippen LogP contribution in [-0.4, -0.2) is 66.7 Å². The van der Waals surface area contributed by atoms with Crippen molar-refractivity contribution in [1.29, 1.82) is 0 Å². The SMILES string of the molecule is CCOC(=O)N1CCN(C(=O)c2sc(-c3ccc(OC)cc3)nc2C)CC1. The van der Waals surface area contributed by atoms with Crippen LogP contribution >= 0.6 is 11.3 Å². The van der Waals surface area contributed by atoms with Crippen molar-refractivity contribution in [2.75, 3.05) is 39.9 Å². The Morgan fingerprint density at radius 2 is 1.74 bits per heavy atom. The van der Waals surface area contributed by atoms with E-state index >= 15 is 0 Å². The van der Waals surface area contributed by atoms with Crippen LogP contribution in [0.4, 0.5) is 4.79 Å². The van der Waals surface area contributed by atoms with Crippen molar-refractivity contribution in [3.63, 3.8) is 0 Å². The van der Waals surface area contributed by atoms with Crippen molar-refractivity contribution in [2.24, 2.45) is 0 Å². The number of aryl methyl sites for hydroxylation is 1. The normalized spacial score (nSPS) is 14.2. The second-order valence-electron chi connectivity index (χ2n) is 6.14. The Morgan fingerprint density at radius 3 is 2.33 bits per heavy atom. The predicted octanol–water partition coefficient (Wildman–Crippen LogP) is 3.04. The average molecular weight is 389 g/mol. The van der Waals surface area contributed by atoms with Gasteiger partial charge >= 0.3 is 6.09 Å². The summed E-state index contributed by atoms with van der Waals surface area (Å²) in [7, 11) is 1.63. The number of nitrogens with zero attached hydrogens (tertiary/aromatic N) is 3. The van der Waals surface area contributed by atoms with Crippen LogP contribution in [0.2, 0.25) is 0 Å². The zero-order chi connectivity index (χ0) is 19.4. The first kappa shape index (κ1) is 19.2. The summed E-state index contributed by atoms with van der Waals surface area (Å²) in [5, 5.41) is 0.809. The number of aromatic nitrogens is 1. The van der Waals surface area contributed by atoms with Crippen LogP contribution in [0, 0.1) is 6.92 Å². The lowest BCUT2D eigenvalue weighted by Crippen LogP contribution is -2.50. The summed E-state index contributed by atoms with van der Waals surface area (Å²) in [4.78, 5) is 33.3. The van der Waals surface area contributed by atoms with Gasteiger partial charge in [0.1, 0.15) is 15.6 Å². The molecule has 1 aromatic carbocycles. The van der Waals surface area contributed by atoms with E-state index in [1.807, 2.05) is 31.2 Å². The van der Waals surface area contributed by atoms with Gasteiger partial charge in [0.2, 0.25) is 0 Å². The first-order valence-corrected chi connectivity index (χ1v) is 9.68. The molecule has 2 heterocycles. The van der Waals surface area contributed by atoms with Crippen LogP contribution in [0.5, 0.6) is 5.75 Å². The molecule has 0 bridgehead atoms. The molecule has 8 heteroatoms. The third kappa shape index (κ3) is 4.21. The lowest BCUT2D eigenvalue weighted by atomic mass is 10.2. The molecule has 7 nitrogen and oxygen atoms in total. The first-order valence-electron chi connectivity index (χ1n) is 8.86. The highest BCUT2D eigenvalue weighted by atomic mass is 32.1. The number of amides is 2. The van der Waals surface area contributed by atoms with Gasteiger partial charge in [-0.3, -0.25) is 4.79 Å². The van der Waals surface area contributed by atoms with Crippen molar-refractivity contribution in [2.45, 2.75) is 13.8 Å². The number of hydrogen-bond donors (Lipinski definition) is 0. The summed E-state index contributed by atoms with van der Waals surface area (Å²) in [6.45, 7) is 5.93. The smallest absolute Gasteiger partial charge is 0.409 e. The molecule has 3 rings (SSSR count). The third-order valence-corrected chi connectivity index (χ3v) is 5.62. The van der Waals surface area contributed by atoms with Crippen molar-refractivity contribution in [3.05, 3.63) is 34.8 Å². The summed E-state index contributed by atoms with van der Waals surface area (Å²) in [5.41, 5.74) is 1.68. The summed E-state index contributed by atoms with van der Waals surface area (Å²) in [6, 6.07) is 7.62. The number of carbonyl (C=O) groups excluding carboxylic acids is 2. The molecule has 0 atom stereocenters. The molecular weight excluding hydrogens is 366 g/mol. The number of thiazole rings is 1. The van der Waals surface area contributed by atoms with E-state index in [0.29, 0.717) is 37.7 Å². The second kappa shape index (κ2) is 8.39. The van der Waals surface area contributed by atoms with Crippen LogP contribution in [0.15, 0.2) is 24.3 Å². The van der Waals surface area contributed by atoms with E-state index in [9.17, 15) is 9.59 Å². The van der Waals surface area contributed by atoms with Gasteiger partial charge < -0.3 is 19.3 Å². The molecule has 0 N–H and O–H groups in total. The maximum absolute atomic E-state index is 12.9. The number of rotatable bonds is 4. The van der Waals surface area contributed by atoms with E-state index < -0.39 is 0 Å². The van der Waals surface area contributed by atoms with Gasteiger partial charge in [0.15, 0.2) is 0 Å². The molecule has 1 aliphatic rings. The molecule has 1 aromatic heterocycles. The van der Waals surface area contributed by atoms with Crippen molar-refractivity contribution < 1.29 is 19.1 Å². The van der Waals surface area contributed by atoms with E-state index in [0.717, 1.165) is 22.0 Å². The van der Waals surface area contributed by atoms with Crippen LogP contribution in [0.3, 0.4) is 0 Å². The molecule has 0 radical (unpaired) electrons. The number of methoxy groups -OCH3 is 1. The molecule has 0 aliphatic carbocycles.